The molecule has 0 fully saturated rings. The van der Waals surface area contributed by atoms with Crippen LogP contribution in [0.3, 0.4) is 0 Å². The van der Waals surface area contributed by atoms with E-state index in [0.29, 0.717) is 0 Å². The molecule has 0 bridgehead atoms. The van der Waals surface area contributed by atoms with Gasteiger partial charge in [-0.3, -0.25) is 9.59 Å². The van der Waals surface area contributed by atoms with Crippen LogP contribution in [0.25, 0.3) is 0 Å². The van der Waals surface area contributed by atoms with Crippen molar-refractivity contribution in [2.45, 2.75) is 0 Å². The summed E-state index contributed by atoms with van der Waals surface area (Å²) in [6.07, 6.45) is 0. The number of carboxylic acid groups (broad SMARTS) is 1. The first-order valence-corrected chi connectivity index (χ1v) is 5.01. The number of hydrogen-bond donors (Lipinski definition) is 1. The van der Waals surface area contributed by atoms with E-state index in [0.717, 1.165) is 11.0 Å². The molecule has 1 aromatic rings. The molecule has 1 aliphatic heterocycles. The number of amides is 1. The van der Waals surface area contributed by atoms with Crippen molar-refractivity contribution < 1.29 is 23.8 Å². The summed E-state index contributed by atoms with van der Waals surface area (Å²) in [6, 6.07) is 3.61. The van der Waals surface area contributed by atoms with Gasteiger partial charge in [-0.2, -0.15) is 0 Å². The van der Waals surface area contributed by atoms with Crippen molar-refractivity contribution in [3.8, 4) is 5.75 Å². The zero-order valence-electron chi connectivity index (χ0n) is 8.85. The number of carboxylic acids is 1. The average molecular weight is 239 g/mol. The minimum atomic E-state index is -1.11. The van der Waals surface area contributed by atoms with Crippen LogP contribution in [0.15, 0.2) is 18.2 Å². The number of halogens is 1. The van der Waals surface area contributed by atoms with E-state index in [1.54, 1.807) is 0 Å². The van der Waals surface area contributed by atoms with E-state index in [9.17, 15) is 14.0 Å². The first kappa shape index (κ1) is 11.4. The molecule has 0 saturated heterocycles. The van der Waals surface area contributed by atoms with Gasteiger partial charge in [-0.15, -0.1) is 0 Å². The molecule has 0 atom stereocenters. The molecule has 0 aliphatic carbocycles. The Morgan fingerprint density at radius 3 is 3.00 bits per heavy atom. The summed E-state index contributed by atoms with van der Waals surface area (Å²) in [4.78, 5) is 23.7. The molecule has 1 N–H and O–H groups in total. The van der Waals surface area contributed by atoms with Gasteiger partial charge in [-0.1, -0.05) is 0 Å². The monoisotopic (exact) mass is 239 g/mol. The molecule has 0 saturated carbocycles. The Morgan fingerprint density at radius 1 is 1.53 bits per heavy atom. The van der Waals surface area contributed by atoms with E-state index < -0.39 is 24.2 Å². The van der Waals surface area contributed by atoms with Crippen molar-refractivity contribution in [2.75, 3.05) is 19.7 Å². The van der Waals surface area contributed by atoms with Gasteiger partial charge in [0.1, 0.15) is 24.7 Å². The molecule has 1 aliphatic rings. The van der Waals surface area contributed by atoms with Crippen LogP contribution in [0.1, 0.15) is 10.4 Å². The maximum absolute atomic E-state index is 13.0. The van der Waals surface area contributed by atoms with Crippen LogP contribution in [0.4, 0.5) is 4.39 Å². The van der Waals surface area contributed by atoms with Crippen molar-refractivity contribution >= 4 is 11.9 Å². The van der Waals surface area contributed by atoms with Crippen molar-refractivity contribution in [1.29, 1.82) is 0 Å². The van der Waals surface area contributed by atoms with Crippen LogP contribution in [-0.2, 0) is 4.79 Å². The second-order valence-corrected chi connectivity index (χ2v) is 3.61. The maximum atomic E-state index is 13.0. The molecule has 0 spiro atoms. The summed E-state index contributed by atoms with van der Waals surface area (Å²) in [5, 5.41) is 8.67. The topological polar surface area (TPSA) is 66.8 Å². The molecule has 17 heavy (non-hydrogen) atoms. The average Bonchev–Trinajstić information content (AvgIpc) is 2.40. The number of carbonyl (C=O) groups excluding carboxylic acids is 1. The Kier molecular flexibility index (Phi) is 2.95. The van der Waals surface area contributed by atoms with E-state index in [-0.39, 0.29) is 24.5 Å². The number of fused-ring (bicyclic) bond motifs is 1. The van der Waals surface area contributed by atoms with E-state index >= 15 is 0 Å². The molecule has 5 nitrogen and oxygen atoms in total. The lowest BCUT2D eigenvalue weighted by Gasteiger charge is -2.16. The summed E-state index contributed by atoms with van der Waals surface area (Å²) in [5.74, 6) is -1.92. The minimum absolute atomic E-state index is 0.0590. The molecular formula is C11H10FNO4. The summed E-state index contributed by atoms with van der Waals surface area (Å²) >= 11 is 0. The molecule has 1 aromatic carbocycles. The van der Waals surface area contributed by atoms with Gasteiger partial charge in [0.05, 0.1) is 12.1 Å². The Labute approximate surface area is 96.4 Å². The van der Waals surface area contributed by atoms with Crippen molar-refractivity contribution in [2.24, 2.45) is 0 Å². The van der Waals surface area contributed by atoms with Gasteiger partial charge >= 0.3 is 5.97 Å². The summed E-state index contributed by atoms with van der Waals surface area (Å²) in [7, 11) is 0. The molecule has 6 heteroatoms. The van der Waals surface area contributed by atoms with Crippen LogP contribution in [0, 0.1) is 5.82 Å². The maximum Gasteiger partial charge on any atom is 0.323 e. The van der Waals surface area contributed by atoms with Crippen molar-refractivity contribution in [3.63, 3.8) is 0 Å². The highest BCUT2D eigenvalue weighted by Crippen LogP contribution is 2.23. The van der Waals surface area contributed by atoms with Crippen LogP contribution in [0.2, 0.25) is 0 Å². The number of rotatable bonds is 2. The second kappa shape index (κ2) is 4.40. The Morgan fingerprint density at radius 2 is 2.29 bits per heavy atom. The molecular weight excluding hydrogens is 229 g/mol. The normalized spacial score (nSPS) is 14.9. The number of ether oxygens (including phenoxy) is 1. The lowest BCUT2D eigenvalue weighted by atomic mass is 10.1. The number of hydrogen-bond acceptors (Lipinski definition) is 3. The molecule has 0 unspecified atom stereocenters. The fourth-order valence-electron chi connectivity index (χ4n) is 1.65. The van der Waals surface area contributed by atoms with Gasteiger partial charge < -0.3 is 14.7 Å². The molecule has 0 aromatic heterocycles. The Bertz CT molecular complexity index is 475. The number of carbonyl (C=O) groups is 2. The van der Waals surface area contributed by atoms with Crippen LogP contribution in [0.5, 0.6) is 5.75 Å². The molecule has 90 valence electrons. The molecule has 1 heterocycles. The van der Waals surface area contributed by atoms with E-state index in [1.807, 2.05) is 0 Å². The Balaban J connectivity index is 2.34. The number of nitrogens with zero attached hydrogens (tertiary/aromatic N) is 1. The van der Waals surface area contributed by atoms with Crippen LogP contribution in [-0.4, -0.2) is 41.6 Å². The van der Waals surface area contributed by atoms with Crippen molar-refractivity contribution in [3.05, 3.63) is 29.6 Å². The van der Waals surface area contributed by atoms with Crippen LogP contribution < -0.4 is 4.74 Å². The SMILES string of the molecule is O=C(O)CN1CCOc2ccc(F)cc2C1=O. The van der Waals surface area contributed by atoms with Gasteiger partial charge in [-0.25, -0.2) is 4.39 Å². The number of benzene rings is 1. The van der Waals surface area contributed by atoms with Gasteiger partial charge in [0.15, 0.2) is 0 Å². The summed E-state index contributed by atoms with van der Waals surface area (Å²) < 4.78 is 18.3. The van der Waals surface area contributed by atoms with E-state index in [1.165, 1.54) is 12.1 Å². The predicted octanol–water partition coefficient (Wildman–Crippen LogP) is 0.745. The first-order chi connectivity index (χ1) is 8.08. The fraction of sp³-hybridized carbons (Fsp3) is 0.273. The molecule has 1 amide bonds. The van der Waals surface area contributed by atoms with E-state index in [2.05, 4.69) is 0 Å². The molecule has 2 rings (SSSR count). The number of aliphatic carboxylic acids is 1. The van der Waals surface area contributed by atoms with Crippen molar-refractivity contribution in [1.82, 2.24) is 4.90 Å². The lowest BCUT2D eigenvalue weighted by molar-refractivity contribution is -0.137. The van der Waals surface area contributed by atoms with E-state index in [4.69, 9.17) is 9.84 Å². The highest BCUT2D eigenvalue weighted by Gasteiger charge is 2.25. The first-order valence-electron chi connectivity index (χ1n) is 5.01. The third-order valence-corrected chi connectivity index (χ3v) is 2.40. The highest BCUT2D eigenvalue weighted by molar-refractivity contribution is 5.98. The third kappa shape index (κ3) is 2.35. The zero-order chi connectivity index (χ0) is 12.4. The highest BCUT2D eigenvalue weighted by atomic mass is 19.1. The fourth-order valence-corrected chi connectivity index (χ4v) is 1.65. The van der Waals surface area contributed by atoms with Gasteiger partial charge in [0.2, 0.25) is 0 Å². The minimum Gasteiger partial charge on any atom is -0.491 e. The van der Waals surface area contributed by atoms with Gasteiger partial charge in [-0.05, 0) is 18.2 Å². The third-order valence-electron chi connectivity index (χ3n) is 2.40. The standard InChI is InChI=1S/C11H10FNO4/c12-7-1-2-9-8(5-7)11(16)13(3-4-17-9)6-10(14)15/h1-2,5H,3-4,6H2,(H,14,15). The predicted molar refractivity (Wildman–Crippen MR) is 55.4 cm³/mol. The Hall–Kier alpha value is -2.11. The van der Waals surface area contributed by atoms with Gasteiger partial charge in [0, 0.05) is 0 Å². The smallest absolute Gasteiger partial charge is 0.323 e. The van der Waals surface area contributed by atoms with Gasteiger partial charge in [0.25, 0.3) is 5.91 Å². The quantitative estimate of drug-likeness (QED) is 0.826. The largest absolute Gasteiger partial charge is 0.491 e. The summed E-state index contributed by atoms with van der Waals surface area (Å²) in [6.45, 7) is -0.0583. The summed E-state index contributed by atoms with van der Waals surface area (Å²) in [5.41, 5.74) is 0.0590. The lowest BCUT2D eigenvalue weighted by Crippen LogP contribution is -2.36. The molecule has 0 radical (unpaired) electrons. The van der Waals surface area contributed by atoms with Crippen LogP contribution >= 0.6 is 0 Å². The zero-order valence-corrected chi connectivity index (χ0v) is 8.85. The second-order valence-electron chi connectivity index (χ2n) is 3.61.